The van der Waals surface area contributed by atoms with E-state index in [1.807, 2.05) is 18.4 Å². The molecule has 0 bridgehead atoms. The van der Waals surface area contributed by atoms with Gasteiger partial charge < -0.3 is 15.0 Å². The van der Waals surface area contributed by atoms with Gasteiger partial charge in [-0.05, 0) is 26.4 Å². The minimum absolute atomic E-state index is 0.153. The fourth-order valence-corrected chi connectivity index (χ4v) is 3.46. The maximum atomic E-state index is 5.87. The molecule has 0 aromatic carbocycles. The van der Waals surface area contributed by atoms with Crippen molar-refractivity contribution in [2.75, 3.05) is 33.8 Å². The largest absolute Gasteiger partial charge is 0.368 e. The maximum absolute atomic E-state index is 5.87. The molecule has 2 rings (SSSR count). The second-order valence-electron chi connectivity index (χ2n) is 5.67. The smallest absolute Gasteiger partial charge is 0.123 e. The third-order valence-electron chi connectivity index (χ3n) is 3.28. The van der Waals surface area contributed by atoms with Gasteiger partial charge in [-0.2, -0.15) is 0 Å². The lowest BCUT2D eigenvalue weighted by Crippen LogP contribution is -2.35. The number of thiazole rings is 1. The monoisotopic (exact) mass is 283 g/mol. The molecule has 19 heavy (non-hydrogen) atoms. The van der Waals surface area contributed by atoms with Gasteiger partial charge in [0.1, 0.15) is 11.1 Å². The normalized spacial score (nSPS) is 21.2. The molecule has 4 nitrogen and oxygen atoms in total. The molecule has 1 aliphatic heterocycles. The van der Waals surface area contributed by atoms with E-state index in [4.69, 9.17) is 9.72 Å². The average molecular weight is 283 g/mol. The Morgan fingerprint density at radius 2 is 2.32 bits per heavy atom. The second-order valence-corrected chi connectivity index (χ2v) is 6.79. The third-order valence-corrected chi connectivity index (χ3v) is 4.47. The minimum atomic E-state index is 0.153. The number of aromatic nitrogens is 1. The Hall–Kier alpha value is -0.490. The van der Waals surface area contributed by atoms with E-state index < -0.39 is 0 Å². The van der Waals surface area contributed by atoms with Gasteiger partial charge in [-0.25, -0.2) is 4.98 Å². The second kappa shape index (κ2) is 6.79. The van der Waals surface area contributed by atoms with Crippen LogP contribution in [0.15, 0.2) is 0 Å². The van der Waals surface area contributed by atoms with Gasteiger partial charge >= 0.3 is 0 Å². The number of hydrogen-bond donors (Lipinski definition) is 1. The van der Waals surface area contributed by atoms with Crippen LogP contribution < -0.4 is 5.32 Å². The Balaban J connectivity index is 2.16. The van der Waals surface area contributed by atoms with Crippen molar-refractivity contribution >= 4 is 11.3 Å². The van der Waals surface area contributed by atoms with E-state index in [0.29, 0.717) is 5.92 Å². The third kappa shape index (κ3) is 3.99. The zero-order valence-electron chi connectivity index (χ0n) is 12.4. The first-order chi connectivity index (χ1) is 9.10. The fourth-order valence-electron chi connectivity index (χ4n) is 2.31. The van der Waals surface area contributed by atoms with Crippen molar-refractivity contribution in [2.45, 2.75) is 32.9 Å². The highest BCUT2D eigenvalue weighted by molar-refractivity contribution is 7.11. The first-order valence-electron chi connectivity index (χ1n) is 7.03. The lowest BCUT2D eigenvalue weighted by molar-refractivity contribution is -0.0210. The van der Waals surface area contributed by atoms with Crippen molar-refractivity contribution in [3.8, 4) is 0 Å². The molecule has 1 aromatic heterocycles. The Bertz CT molecular complexity index is 405. The molecule has 1 fully saturated rings. The van der Waals surface area contributed by atoms with Gasteiger partial charge in [0.25, 0.3) is 0 Å². The Labute approximate surface area is 120 Å². The van der Waals surface area contributed by atoms with Gasteiger partial charge in [-0.15, -0.1) is 11.3 Å². The molecule has 0 spiro atoms. The average Bonchev–Trinajstić information content (AvgIpc) is 2.72. The van der Waals surface area contributed by atoms with Gasteiger partial charge in [0.2, 0.25) is 0 Å². The molecule has 2 heterocycles. The molecule has 1 N–H and O–H groups in total. The Morgan fingerprint density at radius 3 is 2.95 bits per heavy atom. The minimum Gasteiger partial charge on any atom is -0.368 e. The summed E-state index contributed by atoms with van der Waals surface area (Å²) in [5.41, 5.74) is 1.25. The number of nitrogens with one attached hydrogen (secondary N) is 1. The van der Waals surface area contributed by atoms with Crippen LogP contribution in [0.25, 0.3) is 0 Å². The predicted molar refractivity (Wildman–Crippen MR) is 79.6 cm³/mol. The van der Waals surface area contributed by atoms with Crippen LogP contribution in [0.4, 0.5) is 0 Å². The van der Waals surface area contributed by atoms with Crippen LogP contribution in [-0.2, 0) is 17.7 Å². The number of ether oxygens (including phenoxy) is 1. The van der Waals surface area contributed by atoms with Crippen molar-refractivity contribution in [2.24, 2.45) is 5.92 Å². The standard InChI is InChI=1S/C14H25N3OS/c1-10(2)7-11-13(8-15-3)19-14(16-11)12-9-17(4)5-6-18-12/h10,12,15H,5-9H2,1-4H3. The van der Waals surface area contributed by atoms with E-state index >= 15 is 0 Å². The topological polar surface area (TPSA) is 37.4 Å². The molecule has 5 heteroatoms. The summed E-state index contributed by atoms with van der Waals surface area (Å²) in [5.74, 6) is 0.639. The van der Waals surface area contributed by atoms with Crippen LogP contribution in [0.2, 0.25) is 0 Å². The van der Waals surface area contributed by atoms with Crippen LogP contribution in [-0.4, -0.2) is 43.7 Å². The molecule has 0 radical (unpaired) electrons. The first kappa shape index (κ1) is 14.9. The summed E-state index contributed by atoms with van der Waals surface area (Å²) in [6.07, 6.45) is 1.20. The number of likely N-dealkylation sites (N-methyl/N-ethyl adjacent to an activating group) is 1. The van der Waals surface area contributed by atoms with Crippen molar-refractivity contribution < 1.29 is 4.74 Å². The number of rotatable bonds is 5. The van der Waals surface area contributed by atoms with E-state index in [9.17, 15) is 0 Å². The van der Waals surface area contributed by atoms with Crippen molar-refractivity contribution in [3.05, 3.63) is 15.6 Å². The molecule has 0 aliphatic carbocycles. The summed E-state index contributed by atoms with van der Waals surface area (Å²) >= 11 is 1.81. The van der Waals surface area contributed by atoms with Gasteiger partial charge in [0.05, 0.1) is 12.3 Å². The zero-order chi connectivity index (χ0) is 13.8. The molecule has 1 aromatic rings. The highest BCUT2D eigenvalue weighted by Crippen LogP contribution is 2.29. The Kier molecular flexibility index (Phi) is 5.33. The Morgan fingerprint density at radius 1 is 1.53 bits per heavy atom. The summed E-state index contributed by atoms with van der Waals surface area (Å²) < 4.78 is 5.87. The molecule has 1 unspecified atom stereocenters. The lowest BCUT2D eigenvalue weighted by Gasteiger charge is -2.28. The van der Waals surface area contributed by atoms with Crippen LogP contribution in [0.1, 0.15) is 35.5 Å². The molecule has 1 atom stereocenters. The molecular weight excluding hydrogens is 258 g/mol. The highest BCUT2D eigenvalue weighted by Gasteiger charge is 2.24. The molecule has 0 amide bonds. The lowest BCUT2D eigenvalue weighted by atomic mass is 10.1. The highest BCUT2D eigenvalue weighted by atomic mass is 32.1. The molecule has 0 saturated carbocycles. The summed E-state index contributed by atoms with van der Waals surface area (Å²) in [5, 5.41) is 4.39. The molecule has 1 aliphatic rings. The van der Waals surface area contributed by atoms with Crippen molar-refractivity contribution in [3.63, 3.8) is 0 Å². The first-order valence-corrected chi connectivity index (χ1v) is 7.85. The van der Waals surface area contributed by atoms with E-state index in [0.717, 1.165) is 37.7 Å². The quantitative estimate of drug-likeness (QED) is 0.897. The van der Waals surface area contributed by atoms with Crippen LogP contribution in [0.5, 0.6) is 0 Å². The number of nitrogens with zero attached hydrogens (tertiary/aromatic N) is 2. The van der Waals surface area contributed by atoms with Gasteiger partial charge in [-0.3, -0.25) is 0 Å². The fraction of sp³-hybridized carbons (Fsp3) is 0.786. The summed E-state index contributed by atoms with van der Waals surface area (Å²) in [7, 11) is 4.14. The SMILES string of the molecule is CNCc1sc(C2CN(C)CCO2)nc1CC(C)C. The van der Waals surface area contributed by atoms with E-state index in [1.165, 1.54) is 10.6 Å². The maximum Gasteiger partial charge on any atom is 0.123 e. The van der Waals surface area contributed by atoms with Gasteiger partial charge in [-0.1, -0.05) is 13.8 Å². The molecule has 108 valence electrons. The van der Waals surface area contributed by atoms with E-state index in [-0.39, 0.29) is 6.10 Å². The van der Waals surface area contributed by atoms with E-state index in [1.54, 1.807) is 0 Å². The summed E-state index contributed by atoms with van der Waals surface area (Å²) in [4.78, 5) is 8.53. The zero-order valence-corrected chi connectivity index (χ0v) is 13.2. The van der Waals surface area contributed by atoms with E-state index in [2.05, 4.69) is 31.1 Å². The van der Waals surface area contributed by atoms with Gasteiger partial charge in [0.15, 0.2) is 0 Å². The van der Waals surface area contributed by atoms with Crippen LogP contribution >= 0.6 is 11.3 Å². The summed E-state index contributed by atoms with van der Waals surface area (Å²) in [6, 6.07) is 0. The number of hydrogen-bond acceptors (Lipinski definition) is 5. The predicted octanol–water partition coefficient (Wildman–Crippen LogP) is 2.06. The van der Waals surface area contributed by atoms with Crippen molar-refractivity contribution in [1.29, 1.82) is 0 Å². The summed E-state index contributed by atoms with van der Waals surface area (Å²) in [6.45, 7) is 8.17. The molecular formula is C14H25N3OS. The van der Waals surface area contributed by atoms with Crippen molar-refractivity contribution in [1.82, 2.24) is 15.2 Å². The van der Waals surface area contributed by atoms with Crippen LogP contribution in [0, 0.1) is 5.92 Å². The van der Waals surface area contributed by atoms with Gasteiger partial charge in [0, 0.05) is 24.5 Å². The van der Waals surface area contributed by atoms with Crippen LogP contribution in [0.3, 0.4) is 0 Å². The number of morpholine rings is 1. The molecule has 1 saturated heterocycles.